The van der Waals surface area contributed by atoms with Crippen molar-refractivity contribution in [3.63, 3.8) is 0 Å². The molecule has 6 heteroatoms. The molecule has 180 valence electrons. The summed E-state index contributed by atoms with van der Waals surface area (Å²) >= 11 is 0. The molecule has 1 aromatic rings. The predicted octanol–water partition coefficient (Wildman–Crippen LogP) is 4.62. The molecular weight excluding hydrogens is 420 g/mol. The lowest BCUT2D eigenvalue weighted by atomic mass is 9.59. The van der Waals surface area contributed by atoms with Crippen LogP contribution in [0.5, 0.6) is 11.5 Å². The molecule has 0 unspecified atom stereocenters. The lowest BCUT2D eigenvalue weighted by Crippen LogP contribution is -2.62. The molecule has 1 saturated heterocycles. The molecule has 1 aromatic carbocycles. The average molecular weight is 457 g/mol. The van der Waals surface area contributed by atoms with E-state index < -0.39 is 16.6 Å². The van der Waals surface area contributed by atoms with Crippen LogP contribution in [0, 0.1) is 16.7 Å². The van der Waals surface area contributed by atoms with E-state index in [9.17, 15) is 5.11 Å². The van der Waals surface area contributed by atoms with E-state index in [0.717, 1.165) is 49.2 Å². The second kappa shape index (κ2) is 8.12. The Balaban J connectivity index is 1.45. The number of fused-ring (bicyclic) bond motifs is 3. The maximum atomic E-state index is 12.4. The van der Waals surface area contributed by atoms with E-state index in [1.54, 1.807) is 20.5 Å². The summed E-state index contributed by atoms with van der Waals surface area (Å²) in [4.78, 5) is 0. The topological polar surface area (TPSA) is 66.4 Å². The molecule has 33 heavy (non-hydrogen) atoms. The maximum Gasteiger partial charge on any atom is 0.147 e. The highest BCUT2D eigenvalue weighted by Gasteiger charge is 2.71. The van der Waals surface area contributed by atoms with Crippen LogP contribution < -0.4 is 9.47 Å². The molecule has 1 heterocycles. The second-order valence-electron chi connectivity index (χ2n) is 10.6. The first-order chi connectivity index (χ1) is 15.8. The molecule has 0 radical (unpaired) electrons. The van der Waals surface area contributed by atoms with Gasteiger partial charge in [-0.15, -0.1) is 0 Å². The van der Waals surface area contributed by atoms with E-state index in [2.05, 4.69) is 26.0 Å². The molecule has 6 nitrogen and oxygen atoms in total. The van der Waals surface area contributed by atoms with Crippen molar-refractivity contribution in [2.75, 3.05) is 27.6 Å². The van der Waals surface area contributed by atoms with Gasteiger partial charge in [-0.1, -0.05) is 13.8 Å². The number of hydrogen-bond donors (Lipinski definition) is 1. The number of benzene rings is 1. The SMILES string of the molecule is COCO[C@]12C=C([C@@]3(O)C[C@H]4CC[C@@]3(/C=C/Oc3ccc(OC)cc3)C4(C)C)CC[C@H]1OC2. The molecule has 0 spiro atoms. The molecule has 0 amide bonds. The molecule has 5 atom stereocenters. The molecule has 1 N–H and O–H groups in total. The third-order valence-corrected chi connectivity index (χ3v) is 9.08. The minimum Gasteiger partial charge on any atom is -0.497 e. The summed E-state index contributed by atoms with van der Waals surface area (Å²) < 4.78 is 28.3. The Morgan fingerprint density at radius 2 is 1.88 bits per heavy atom. The Kier molecular flexibility index (Phi) is 5.64. The quantitative estimate of drug-likeness (QED) is 0.350. The highest BCUT2D eigenvalue weighted by atomic mass is 16.7. The third-order valence-electron chi connectivity index (χ3n) is 9.08. The molecule has 2 saturated carbocycles. The van der Waals surface area contributed by atoms with Crippen LogP contribution in [0.2, 0.25) is 0 Å². The van der Waals surface area contributed by atoms with Crippen LogP contribution in [-0.4, -0.2) is 50.0 Å². The Labute approximate surface area is 196 Å². The Hall–Kier alpha value is -1.86. The van der Waals surface area contributed by atoms with E-state index in [1.807, 2.05) is 24.3 Å². The van der Waals surface area contributed by atoms with E-state index >= 15 is 0 Å². The van der Waals surface area contributed by atoms with Crippen LogP contribution in [0.15, 0.2) is 48.3 Å². The highest BCUT2D eigenvalue weighted by molar-refractivity contribution is 5.40. The van der Waals surface area contributed by atoms with Gasteiger partial charge in [-0.25, -0.2) is 0 Å². The molecule has 0 aromatic heterocycles. The summed E-state index contributed by atoms with van der Waals surface area (Å²) in [5.41, 5.74) is -0.778. The van der Waals surface area contributed by atoms with Crippen LogP contribution in [0.25, 0.3) is 0 Å². The standard InChI is InChI=1S/C27H36O6/c1-24(2)19-11-12-26(24,13-14-31-22-8-6-21(30-4)7-9-22)27(28,16-19)20-5-10-23-25(15-20,17-32-23)33-18-29-3/h6-9,13-15,19,23,28H,5,10-12,16-18H2,1-4H3/b14-13+/t19-,23-,25+,26-,27+/m1/s1. The summed E-state index contributed by atoms with van der Waals surface area (Å²) in [6.07, 6.45) is 10.6. The van der Waals surface area contributed by atoms with E-state index in [0.29, 0.717) is 12.5 Å². The van der Waals surface area contributed by atoms with Crippen LogP contribution in [0.1, 0.15) is 46.0 Å². The van der Waals surface area contributed by atoms with Crippen molar-refractivity contribution in [2.45, 2.75) is 63.3 Å². The van der Waals surface area contributed by atoms with Crippen molar-refractivity contribution in [2.24, 2.45) is 16.7 Å². The van der Waals surface area contributed by atoms with Gasteiger partial charge in [0, 0.05) is 12.5 Å². The first-order valence-electron chi connectivity index (χ1n) is 12.0. The van der Waals surface area contributed by atoms with Crippen LogP contribution in [0.4, 0.5) is 0 Å². The molecule has 5 rings (SSSR count). The van der Waals surface area contributed by atoms with Gasteiger partial charge in [0.2, 0.25) is 0 Å². The Bertz CT molecular complexity index is 936. The van der Waals surface area contributed by atoms with E-state index in [-0.39, 0.29) is 18.3 Å². The zero-order chi connectivity index (χ0) is 23.3. The van der Waals surface area contributed by atoms with Crippen molar-refractivity contribution in [1.82, 2.24) is 0 Å². The summed E-state index contributed by atoms with van der Waals surface area (Å²) in [6, 6.07) is 7.54. The van der Waals surface area contributed by atoms with Crippen LogP contribution in [0.3, 0.4) is 0 Å². The fourth-order valence-electron chi connectivity index (χ4n) is 6.97. The molecular formula is C27H36O6. The minimum atomic E-state index is -0.927. The summed E-state index contributed by atoms with van der Waals surface area (Å²) in [5, 5.41) is 12.4. The first kappa shape index (κ1) is 22.9. The fraction of sp³-hybridized carbons (Fsp3) is 0.630. The van der Waals surface area contributed by atoms with Gasteiger partial charge in [0.05, 0.1) is 31.7 Å². The summed E-state index contributed by atoms with van der Waals surface area (Å²) in [7, 11) is 3.28. The smallest absolute Gasteiger partial charge is 0.147 e. The third kappa shape index (κ3) is 3.29. The average Bonchev–Trinajstić information content (AvgIpc) is 3.14. The summed E-state index contributed by atoms with van der Waals surface area (Å²) in [5.74, 6) is 2.00. The molecule has 4 aliphatic rings. The van der Waals surface area contributed by atoms with Crippen molar-refractivity contribution in [1.29, 1.82) is 0 Å². The Morgan fingerprint density at radius 3 is 2.52 bits per heavy atom. The van der Waals surface area contributed by atoms with Gasteiger partial charge in [-0.3, -0.25) is 0 Å². The molecule has 2 bridgehead atoms. The van der Waals surface area contributed by atoms with Crippen LogP contribution in [-0.2, 0) is 14.2 Å². The van der Waals surface area contributed by atoms with Crippen LogP contribution >= 0.6 is 0 Å². The maximum absolute atomic E-state index is 12.4. The van der Waals surface area contributed by atoms with Gasteiger partial charge in [0.15, 0.2) is 0 Å². The van der Waals surface area contributed by atoms with Gasteiger partial charge in [-0.2, -0.15) is 0 Å². The number of rotatable bonds is 8. The van der Waals surface area contributed by atoms with Gasteiger partial charge in [0.25, 0.3) is 0 Å². The predicted molar refractivity (Wildman–Crippen MR) is 124 cm³/mol. The monoisotopic (exact) mass is 456 g/mol. The minimum absolute atomic E-state index is 0.0384. The van der Waals surface area contributed by atoms with Gasteiger partial charge in [0.1, 0.15) is 23.9 Å². The van der Waals surface area contributed by atoms with Crippen molar-refractivity contribution in [3.8, 4) is 11.5 Å². The Morgan fingerprint density at radius 1 is 1.12 bits per heavy atom. The lowest BCUT2D eigenvalue weighted by Gasteiger charge is -2.54. The first-order valence-corrected chi connectivity index (χ1v) is 12.0. The summed E-state index contributed by atoms with van der Waals surface area (Å²) in [6.45, 7) is 5.33. The zero-order valence-corrected chi connectivity index (χ0v) is 20.1. The van der Waals surface area contributed by atoms with Gasteiger partial charge in [-0.05, 0) is 85.4 Å². The molecule has 1 aliphatic heterocycles. The lowest BCUT2D eigenvalue weighted by molar-refractivity contribution is -0.266. The molecule has 3 fully saturated rings. The van der Waals surface area contributed by atoms with Gasteiger partial charge < -0.3 is 28.8 Å². The van der Waals surface area contributed by atoms with Crippen molar-refractivity contribution >= 4 is 0 Å². The zero-order valence-electron chi connectivity index (χ0n) is 20.1. The number of ether oxygens (including phenoxy) is 5. The number of aliphatic hydroxyl groups is 1. The van der Waals surface area contributed by atoms with E-state index in [1.165, 1.54) is 0 Å². The normalized spacial score (nSPS) is 38.6. The number of methoxy groups -OCH3 is 2. The van der Waals surface area contributed by atoms with Gasteiger partial charge >= 0.3 is 0 Å². The number of hydrogen-bond acceptors (Lipinski definition) is 6. The van der Waals surface area contributed by atoms with Crippen molar-refractivity contribution < 1.29 is 28.8 Å². The fourth-order valence-corrected chi connectivity index (χ4v) is 6.97. The largest absolute Gasteiger partial charge is 0.497 e. The van der Waals surface area contributed by atoms with E-state index in [4.69, 9.17) is 23.7 Å². The highest BCUT2D eigenvalue weighted by Crippen LogP contribution is 2.72. The molecule has 3 aliphatic carbocycles. The second-order valence-corrected chi connectivity index (χ2v) is 10.6. The van der Waals surface area contributed by atoms with Crippen molar-refractivity contribution in [3.05, 3.63) is 48.3 Å².